The van der Waals surface area contributed by atoms with Crippen LogP contribution in [0.5, 0.6) is 5.75 Å². The summed E-state index contributed by atoms with van der Waals surface area (Å²) in [7, 11) is 1.67. The number of aliphatic hydroxyl groups is 1. The molecule has 2 N–H and O–H groups in total. The van der Waals surface area contributed by atoms with Gasteiger partial charge in [0.1, 0.15) is 5.75 Å². The predicted octanol–water partition coefficient (Wildman–Crippen LogP) is 4.11. The minimum Gasteiger partial charge on any atom is -0.495 e. The van der Waals surface area contributed by atoms with E-state index in [1.54, 1.807) is 7.11 Å². The predicted molar refractivity (Wildman–Crippen MR) is 90.2 cm³/mol. The van der Waals surface area contributed by atoms with Gasteiger partial charge in [-0.1, -0.05) is 36.7 Å². The Kier molecular flexibility index (Phi) is 6.98. The molecule has 5 heteroatoms. The van der Waals surface area contributed by atoms with Gasteiger partial charge in [-0.3, -0.25) is 0 Å². The van der Waals surface area contributed by atoms with Crippen LogP contribution in [0, 0.1) is 5.41 Å². The average Bonchev–Trinajstić information content (AvgIpc) is 2.32. The summed E-state index contributed by atoms with van der Waals surface area (Å²) in [6.45, 7) is 7.41. The van der Waals surface area contributed by atoms with Crippen LogP contribution in [0.2, 0.25) is 0 Å². The van der Waals surface area contributed by atoms with Crippen molar-refractivity contribution in [1.82, 2.24) is 5.32 Å². The van der Waals surface area contributed by atoms with Crippen molar-refractivity contribution in [3.63, 3.8) is 0 Å². The lowest BCUT2D eigenvalue weighted by Crippen LogP contribution is -2.40. The Morgan fingerprint density at radius 3 is 2.45 bits per heavy atom. The second-order valence-electron chi connectivity index (χ2n) is 5.89. The largest absolute Gasteiger partial charge is 0.495 e. The Hall–Kier alpha value is -0.100. The molecule has 0 saturated heterocycles. The third-order valence-electron chi connectivity index (χ3n) is 3.29. The van der Waals surface area contributed by atoms with Gasteiger partial charge in [0.05, 0.1) is 11.6 Å². The molecule has 0 spiro atoms. The maximum absolute atomic E-state index is 9.21. The van der Waals surface area contributed by atoms with E-state index in [-0.39, 0.29) is 18.1 Å². The molecule has 114 valence electrons. The molecule has 1 rings (SSSR count). The van der Waals surface area contributed by atoms with E-state index in [0.717, 1.165) is 26.7 Å². The van der Waals surface area contributed by atoms with Gasteiger partial charge in [0.2, 0.25) is 0 Å². The van der Waals surface area contributed by atoms with Gasteiger partial charge >= 0.3 is 0 Å². The fourth-order valence-electron chi connectivity index (χ4n) is 2.18. The zero-order valence-electron chi connectivity index (χ0n) is 12.5. The van der Waals surface area contributed by atoms with E-state index in [9.17, 15) is 5.11 Å². The van der Waals surface area contributed by atoms with Crippen LogP contribution < -0.4 is 10.1 Å². The number of rotatable bonds is 6. The van der Waals surface area contributed by atoms with Crippen molar-refractivity contribution in [3.05, 3.63) is 26.6 Å². The highest BCUT2D eigenvalue weighted by Gasteiger charge is 2.24. The number of methoxy groups -OCH3 is 1. The zero-order valence-corrected chi connectivity index (χ0v) is 15.6. The standard InChI is InChI=1S/C15H23Br2NO2/c1-15(2,3)13(5-6-19)18-9-10-7-11(16)8-12(17)14(10)20-4/h7-8,13,18-19H,5-6,9H2,1-4H3. The van der Waals surface area contributed by atoms with Gasteiger partial charge in [0.15, 0.2) is 0 Å². The van der Waals surface area contributed by atoms with E-state index in [1.165, 1.54) is 0 Å². The number of hydrogen-bond acceptors (Lipinski definition) is 3. The molecular weight excluding hydrogens is 386 g/mol. The average molecular weight is 409 g/mol. The van der Waals surface area contributed by atoms with Crippen LogP contribution in [0.3, 0.4) is 0 Å². The third-order valence-corrected chi connectivity index (χ3v) is 4.34. The summed E-state index contributed by atoms with van der Waals surface area (Å²) < 4.78 is 7.39. The molecule has 20 heavy (non-hydrogen) atoms. The van der Waals surface area contributed by atoms with E-state index in [4.69, 9.17) is 4.74 Å². The molecule has 0 fully saturated rings. The summed E-state index contributed by atoms with van der Waals surface area (Å²) in [5, 5.41) is 12.7. The first-order valence-electron chi connectivity index (χ1n) is 6.65. The second kappa shape index (κ2) is 7.78. The molecule has 0 aromatic heterocycles. The summed E-state index contributed by atoms with van der Waals surface area (Å²) in [5.74, 6) is 0.845. The Morgan fingerprint density at radius 2 is 1.95 bits per heavy atom. The molecule has 1 atom stereocenters. The summed E-state index contributed by atoms with van der Waals surface area (Å²) in [6.07, 6.45) is 0.737. The second-order valence-corrected chi connectivity index (χ2v) is 7.66. The van der Waals surface area contributed by atoms with Gasteiger partial charge in [0.25, 0.3) is 0 Å². The van der Waals surface area contributed by atoms with Crippen LogP contribution in [0.15, 0.2) is 21.1 Å². The van der Waals surface area contributed by atoms with Gasteiger partial charge in [0, 0.05) is 29.2 Å². The third kappa shape index (κ3) is 5.02. The van der Waals surface area contributed by atoms with Crippen LogP contribution in [0.4, 0.5) is 0 Å². The van der Waals surface area contributed by atoms with Crippen LogP contribution >= 0.6 is 31.9 Å². The lowest BCUT2D eigenvalue weighted by Gasteiger charge is -2.31. The van der Waals surface area contributed by atoms with Crippen molar-refractivity contribution in [2.24, 2.45) is 5.41 Å². The Labute approximate surface area is 138 Å². The molecule has 0 aliphatic rings. The summed E-state index contributed by atoms with van der Waals surface area (Å²) in [6, 6.07) is 4.27. The van der Waals surface area contributed by atoms with E-state index in [1.807, 2.05) is 6.07 Å². The fraction of sp³-hybridized carbons (Fsp3) is 0.600. The number of hydrogen-bond donors (Lipinski definition) is 2. The van der Waals surface area contributed by atoms with Crippen LogP contribution in [0.25, 0.3) is 0 Å². The molecule has 0 saturated carbocycles. The number of benzene rings is 1. The van der Waals surface area contributed by atoms with Gasteiger partial charge in [-0.15, -0.1) is 0 Å². The summed E-state index contributed by atoms with van der Waals surface area (Å²) in [5.41, 5.74) is 1.18. The number of halogens is 2. The molecule has 1 unspecified atom stereocenters. The molecule has 0 radical (unpaired) electrons. The maximum atomic E-state index is 9.21. The van der Waals surface area contributed by atoms with Crippen molar-refractivity contribution >= 4 is 31.9 Å². The minimum absolute atomic E-state index is 0.0964. The monoisotopic (exact) mass is 407 g/mol. The summed E-state index contributed by atoms with van der Waals surface area (Å²) >= 11 is 7.01. The first-order valence-corrected chi connectivity index (χ1v) is 8.24. The van der Waals surface area contributed by atoms with Crippen molar-refractivity contribution in [1.29, 1.82) is 0 Å². The molecule has 3 nitrogen and oxygen atoms in total. The smallest absolute Gasteiger partial charge is 0.137 e. The maximum Gasteiger partial charge on any atom is 0.137 e. The van der Waals surface area contributed by atoms with Gasteiger partial charge in [-0.2, -0.15) is 0 Å². The first kappa shape index (κ1) is 18.0. The van der Waals surface area contributed by atoms with Crippen molar-refractivity contribution in [2.75, 3.05) is 13.7 Å². The Morgan fingerprint density at radius 1 is 1.30 bits per heavy atom. The molecular formula is C15H23Br2NO2. The number of aliphatic hydroxyl groups excluding tert-OH is 1. The van der Waals surface area contributed by atoms with Gasteiger partial charge < -0.3 is 15.2 Å². The Bertz CT molecular complexity index is 444. The highest BCUT2D eigenvalue weighted by Crippen LogP contribution is 2.33. The van der Waals surface area contributed by atoms with E-state index in [2.05, 4.69) is 64.0 Å². The van der Waals surface area contributed by atoms with Gasteiger partial charge in [-0.05, 0) is 39.9 Å². The van der Waals surface area contributed by atoms with Crippen LogP contribution in [0.1, 0.15) is 32.8 Å². The highest BCUT2D eigenvalue weighted by atomic mass is 79.9. The van der Waals surface area contributed by atoms with Crippen molar-refractivity contribution in [3.8, 4) is 5.75 Å². The van der Waals surface area contributed by atoms with Crippen molar-refractivity contribution < 1.29 is 9.84 Å². The Balaban J connectivity index is 2.87. The van der Waals surface area contributed by atoms with Crippen molar-refractivity contribution in [2.45, 2.75) is 39.8 Å². The molecule has 1 aromatic carbocycles. The normalized spacial score (nSPS) is 13.3. The fourth-order valence-corrected chi connectivity index (χ4v) is 3.65. The molecule has 0 aliphatic carbocycles. The van der Waals surface area contributed by atoms with E-state index < -0.39 is 0 Å². The van der Waals surface area contributed by atoms with Crippen LogP contribution in [-0.2, 0) is 6.54 Å². The molecule has 0 heterocycles. The molecule has 0 aliphatic heterocycles. The lowest BCUT2D eigenvalue weighted by molar-refractivity contribution is 0.196. The first-order chi connectivity index (χ1) is 9.29. The molecule has 0 amide bonds. The minimum atomic E-state index is 0.0964. The number of nitrogens with one attached hydrogen (secondary N) is 1. The topological polar surface area (TPSA) is 41.5 Å². The number of ether oxygens (including phenoxy) is 1. The summed E-state index contributed by atoms with van der Waals surface area (Å²) in [4.78, 5) is 0. The lowest BCUT2D eigenvalue weighted by atomic mass is 9.85. The van der Waals surface area contributed by atoms with Crippen LogP contribution in [-0.4, -0.2) is 24.9 Å². The SMILES string of the molecule is COc1c(Br)cc(Br)cc1CNC(CCO)C(C)(C)C. The molecule has 0 bridgehead atoms. The van der Waals surface area contributed by atoms with E-state index >= 15 is 0 Å². The van der Waals surface area contributed by atoms with Gasteiger partial charge in [-0.25, -0.2) is 0 Å². The zero-order chi connectivity index (χ0) is 15.3. The van der Waals surface area contributed by atoms with E-state index in [0.29, 0.717) is 6.54 Å². The molecule has 1 aromatic rings. The highest BCUT2D eigenvalue weighted by molar-refractivity contribution is 9.11. The quantitative estimate of drug-likeness (QED) is 0.744.